The van der Waals surface area contributed by atoms with E-state index in [0.717, 1.165) is 11.3 Å². The Kier molecular flexibility index (Phi) is 3.51. The van der Waals surface area contributed by atoms with E-state index < -0.39 is 11.9 Å². The topological polar surface area (TPSA) is 46.5 Å². The van der Waals surface area contributed by atoms with E-state index in [9.17, 15) is 4.79 Å². The summed E-state index contributed by atoms with van der Waals surface area (Å²) in [7, 11) is 0. The number of ether oxygens (including phenoxy) is 1. The van der Waals surface area contributed by atoms with Crippen LogP contribution in [0.2, 0.25) is 0 Å². The molecule has 0 saturated heterocycles. The van der Waals surface area contributed by atoms with Gasteiger partial charge in [0.15, 0.2) is 0 Å². The summed E-state index contributed by atoms with van der Waals surface area (Å²) in [5.74, 6) is -0.506. The van der Waals surface area contributed by atoms with Crippen molar-refractivity contribution in [1.29, 1.82) is 0 Å². The van der Waals surface area contributed by atoms with Crippen LogP contribution in [0.15, 0.2) is 24.3 Å². The minimum Gasteiger partial charge on any atom is -0.494 e. The van der Waals surface area contributed by atoms with Crippen LogP contribution in [0.4, 0.5) is 0 Å². The van der Waals surface area contributed by atoms with Gasteiger partial charge in [-0.15, -0.1) is 0 Å². The molecule has 0 radical (unpaired) electrons. The first-order valence-corrected chi connectivity index (χ1v) is 4.60. The van der Waals surface area contributed by atoms with Gasteiger partial charge in [-0.1, -0.05) is 12.1 Å². The maximum atomic E-state index is 10.7. The van der Waals surface area contributed by atoms with Gasteiger partial charge in [0.2, 0.25) is 0 Å². The van der Waals surface area contributed by atoms with E-state index in [4.69, 9.17) is 9.84 Å². The molecule has 1 aromatic rings. The molecule has 0 aliphatic heterocycles. The number of benzene rings is 1. The Labute approximate surface area is 83.3 Å². The van der Waals surface area contributed by atoms with E-state index in [2.05, 4.69) is 0 Å². The average Bonchev–Trinajstić information content (AvgIpc) is 2.18. The van der Waals surface area contributed by atoms with E-state index in [1.165, 1.54) is 0 Å². The van der Waals surface area contributed by atoms with Gasteiger partial charge in [0.1, 0.15) is 5.75 Å². The Morgan fingerprint density at radius 2 is 2.00 bits per heavy atom. The number of aliphatic carboxylic acids is 1. The second kappa shape index (κ2) is 4.65. The molecule has 0 spiro atoms. The molecule has 0 fully saturated rings. The first-order chi connectivity index (χ1) is 6.65. The molecular weight excluding hydrogens is 180 g/mol. The van der Waals surface area contributed by atoms with Gasteiger partial charge < -0.3 is 9.84 Å². The lowest BCUT2D eigenvalue weighted by atomic mass is 10.0. The molecule has 1 rings (SSSR count). The molecule has 0 amide bonds. The summed E-state index contributed by atoms with van der Waals surface area (Å²) in [6.45, 7) is 4.19. The predicted octanol–water partition coefficient (Wildman–Crippen LogP) is 2.27. The number of carbonyl (C=O) groups is 1. The summed E-state index contributed by atoms with van der Waals surface area (Å²) < 4.78 is 5.25. The summed E-state index contributed by atoms with van der Waals surface area (Å²) in [5.41, 5.74) is 0.793. The smallest absolute Gasteiger partial charge is 0.310 e. The van der Waals surface area contributed by atoms with E-state index in [0.29, 0.717) is 6.61 Å². The zero-order valence-electron chi connectivity index (χ0n) is 8.36. The molecule has 0 aliphatic rings. The molecule has 0 unspecified atom stereocenters. The highest BCUT2D eigenvalue weighted by Crippen LogP contribution is 2.19. The van der Waals surface area contributed by atoms with Crippen molar-refractivity contribution in [1.82, 2.24) is 0 Å². The second-order valence-corrected chi connectivity index (χ2v) is 3.06. The van der Waals surface area contributed by atoms with Gasteiger partial charge in [0.25, 0.3) is 0 Å². The summed E-state index contributed by atoms with van der Waals surface area (Å²) in [6.07, 6.45) is 0. The SMILES string of the molecule is CCOc1ccc([C@H](C)C(=O)O)cc1. The third-order valence-corrected chi connectivity index (χ3v) is 2.06. The van der Waals surface area contributed by atoms with Crippen LogP contribution in [0, 0.1) is 0 Å². The zero-order valence-corrected chi connectivity index (χ0v) is 8.36. The highest BCUT2D eigenvalue weighted by molar-refractivity contribution is 5.75. The van der Waals surface area contributed by atoms with Crippen LogP contribution in [0.3, 0.4) is 0 Å². The Morgan fingerprint density at radius 3 is 2.43 bits per heavy atom. The number of carboxylic acids is 1. The van der Waals surface area contributed by atoms with Gasteiger partial charge in [-0.2, -0.15) is 0 Å². The van der Waals surface area contributed by atoms with Crippen molar-refractivity contribution < 1.29 is 14.6 Å². The summed E-state index contributed by atoms with van der Waals surface area (Å²) in [5, 5.41) is 8.78. The Hall–Kier alpha value is -1.51. The van der Waals surface area contributed by atoms with Crippen molar-refractivity contribution >= 4 is 5.97 Å². The number of rotatable bonds is 4. The van der Waals surface area contributed by atoms with E-state index in [1.807, 2.05) is 6.92 Å². The van der Waals surface area contributed by atoms with Gasteiger partial charge in [0.05, 0.1) is 12.5 Å². The lowest BCUT2D eigenvalue weighted by molar-refractivity contribution is -0.138. The zero-order chi connectivity index (χ0) is 10.6. The Morgan fingerprint density at radius 1 is 1.43 bits per heavy atom. The maximum absolute atomic E-state index is 10.7. The highest BCUT2D eigenvalue weighted by Gasteiger charge is 2.12. The molecule has 3 heteroatoms. The lowest BCUT2D eigenvalue weighted by Crippen LogP contribution is -2.07. The Bertz CT molecular complexity index is 303. The molecule has 1 atom stereocenters. The van der Waals surface area contributed by atoms with E-state index in [1.54, 1.807) is 31.2 Å². The monoisotopic (exact) mass is 194 g/mol. The van der Waals surface area contributed by atoms with E-state index >= 15 is 0 Å². The van der Waals surface area contributed by atoms with Gasteiger partial charge in [0, 0.05) is 0 Å². The van der Waals surface area contributed by atoms with Crippen molar-refractivity contribution in [3.05, 3.63) is 29.8 Å². The van der Waals surface area contributed by atoms with Crippen LogP contribution in [-0.2, 0) is 4.79 Å². The van der Waals surface area contributed by atoms with Crippen molar-refractivity contribution in [3.8, 4) is 5.75 Å². The summed E-state index contributed by atoms with van der Waals surface area (Å²) in [4.78, 5) is 10.7. The van der Waals surface area contributed by atoms with Crippen LogP contribution in [-0.4, -0.2) is 17.7 Å². The van der Waals surface area contributed by atoms with Gasteiger partial charge in [-0.05, 0) is 31.5 Å². The molecule has 0 aromatic heterocycles. The molecule has 76 valence electrons. The van der Waals surface area contributed by atoms with E-state index in [-0.39, 0.29) is 0 Å². The summed E-state index contributed by atoms with van der Waals surface area (Å²) in [6, 6.07) is 7.14. The largest absolute Gasteiger partial charge is 0.494 e. The van der Waals surface area contributed by atoms with Gasteiger partial charge in [-0.25, -0.2) is 0 Å². The molecule has 0 aliphatic carbocycles. The third-order valence-electron chi connectivity index (χ3n) is 2.06. The molecule has 1 N–H and O–H groups in total. The third kappa shape index (κ3) is 2.49. The van der Waals surface area contributed by atoms with Crippen LogP contribution < -0.4 is 4.74 Å². The second-order valence-electron chi connectivity index (χ2n) is 3.06. The average molecular weight is 194 g/mol. The minimum absolute atomic E-state index is 0.467. The maximum Gasteiger partial charge on any atom is 0.310 e. The number of carboxylic acid groups (broad SMARTS) is 1. The molecule has 0 heterocycles. The normalized spacial score (nSPS) is 12.1. The number of hydrogen-bond acceptors (Lipinski definition) is 2. The molecule has 1 aromatic carbocycles. The fourth-order valence-electron chi connectivity index (χ4n) is 1.16. The fraction of sp³-hybridized carbons (Fsp3) is 0.364. The van der Waals surface area contributed by atoms with Crippen LogP contribution in [0.1, 0.15) is 25.3 Å². The first-order valence-electron chi connectivity index (χ1n) is 4.60. The van der Waals surface area contributed by atoms with Crippen molar-refractivity contribution in [2.75, 3.05) is 6.61 Å². The lowest BCUT2D eigenvalue weighted by Gasteiger charge is -2.07. The molecule has 0 bridgehead atoms. The minimum atomic E-state index is -0.811. The highest BCUT2D eigenvalue weighted by atomic mass is 16.5. The molecule has 14 heavy (non-hydrogen) atoms. The van der Waals surface area contributed by atoms with Gasteiger partial charge >= 0.3 is 5.97 Å². The van der Waals surface area contributed by atoms with Crippen LogP contribution in [0.25, 0.3) is 0 Å². The quantitative estimate of drug-likeness (QED) is 0.799. The van der Waals surface area contributed by atoms with Crippen molar-refractivity contribution in [3.63, 3.8) is 0 Å². The van der Waals surface area contributed by atoms with Crippen molar-refractivity contribution in [2.45, 2.75) is 19.8 Å². The predicted molar refractivity (Wildman–Crippen MR) is 53.7 cm³/mol. The molecule has 3 nitrogen and oxygen atoms in total. The van der Waals surface area contributed by atoms with Crippen LogP contribution in [0.5, 0.6) is 5.75 Å². The Balaban J connectivity index is 2.77. The van der Waals surface area contributed by atoms with Crippen molar-refractivity contribution in [2.24, 2.45) is 0 Å². The summed E-state index contributed by atoms with van der Waals surface area (Å²) >= 11 is 0. The standard InChI is InChI=1S/C11H14O3/c1-3-14-10-6-4-9(5-7-10)8(2)11(12)13/h4-8H,3H2,1-2H3,(H,12,13)/t8-/m0/s1. The molecular formula is C11H14O3. The fourth-order valence-corrected chi connectivity index (χ4v) is 1.16. The first kappa shape index (κ1) is 10.6. The number of hydrogen-bond donors (Lipinski definition) is 1. The van der Waals surface area contributed by atoms with Crippen LogP contribution >= 0.6 is 0 Å². The van der Waals surface area contributed by atoms with Gasteiger partial charge in [-0.3, -0.25) is 4.79 Å². The molecule has 0 saturated carbocycles.